The molecular formula is C12H13ClN2OS. The topological polar surface area (TPSA) is 44.9 Å². The number of aromatic nitrogens is 1. The van der Waals surface area contributed by atoms with Crippen molar-refractivity contribution in [2.45, 2.75) is 18.2 Å². The predicted octanol–water partition coefficient (Wildman–Crippen LogP) is 3.25. The molecule has 0 unspecified atom stereocenters. The van der Waals surface area contributed by atoms with Crippen LogP contribution in [0.4, 0.5) is 0 Å². The molecule has 0 bridgehead atoms. The van der Waals surface area contributed by atoms with E-state index in [1.165, 1.54) is 0 Å². The van der Waals surface area contributed by atoms with Crippen molar-refractivity contribution in [1.82, 2.24) is 10.3 Å². The number of carbonyl (C=O) groups is 1. The van der Waals surface area contributed by atoms with E-state index in [-0.39, 0.29) is 5.91 Å². The molecule has 0 fully saturated rings. The molecule has 0 saturated heterocycles. The SMILES string of the molecule is CCCNC(=O)c1[nH]c2ccc(Cl)cc2c1S. The fourth-order valence-corrected chi connectivity index (χ4v) is 2.16. The summed E-state index contributed by atoms with van der Waals surface area (Å²) in [5.41, 5.74) is 1.35. The molecule has 0 aliphatic rings. The van der Waals surface area contributed by atoms with Crippen molar-refractivity contribution < 1.29 is 4.79 Å². The van der Waals surface area contributed by atoms with Crippen LogP contribution in [0.5, 0.6) is 0 Å². The minimum atomic E-state index is -0.135. The van der Waals surface area contributed by atoms with E-state index in [1.54, 1.807) is 12.1 Å². The Balaban J connectivity index is 2.42. The van der Waals surface area contributed by atoms with Gasteiger partial charge in [0.15, 0.2) is 0 Å². The lowest BCUT2D eigenvalue weighted by atomic mass is 10.2. The molecule has 0 saturated carbocycles. The van der Waals surface area contributed by atoms with Crippen molar-refractivity contribution in [1.29, 1.82) is 0 Å². The van der Waals surface area contributed by atoms with Gasteiger partial charge in [0.05, 0.1) is 0 Å². The van der Waals surface area contributed by atoms with Crippen LogP contribution in [0.1, 0.15) is 23.8 Å². The third-order valence-corrected chi connectivity index (χ3v) is 3.20. The first-order valence-corrected chi connectivity index (χ1v) is 6.24. The summed E-state index contributed by atoms with van der Waals surface area (Å²) >= 11 is 10.3. The molecule has 3 nitrogen and oxygen atoms in total. The fourth-order valence-electron chi connectivity index (χ4n) is 1.64. The lowest BCUT2D eigenvalue weighted by molar-refractivity contribution is 0.0946. The Bertz CT molecular complexity index is 565. The van der Waals surface area contributed by atoms with Crippen molar-refractivity contribution in [2.75, 3.05) is 6.54 Å². The Hall–Kier alpha value is -1.13. The highest BCUT2D eigenvalue weighted by molar-refractivity contribution is 7.80. The average molecular weight is 269 g/mol. The van der Waals surface area contributed by atoms with Crippen molar-refractivity contribution in [3.05, 3.63) is 28.9 Å². The maximum Gasteiger partial charge on any atom is 0.268 e. The summed E-state index contributed by atoms with van der Waals surface area (Å²) in [4.78, 5) is 15.5. The molecule has 1 aromatic carbocycles. The van der Waals surface area contributed by atoms with Crippen molar-refractivity contribution in [2.24, 2.45) is 0 Å². The van der Waals surface area contributed by atoms with Crippen LogP contribution >= 0.6 is 24.2 Å². The van der Waals surface area contributed by atoms with E-state index in [1.807, 2.05) is 13.0 Å². The van der Waals surface area contributed by atoms with Gasteiger partial charge in [0.25, 0.3) is 5.91 Å². The molecule has 0 atom stereocenters. The summed E-state index contributed by atoms with van der Waals surface area (Å²) < 4.78 is 0. The Morgan fingerprint density at radius 1 is 1.53 bits per heavy atom. The molecular weight excluding hydrogens is 256 g/mol. The van der Waals surface area contributed by atoms with E-state index < -0.39 is 0 Å². The molecule has 5 heteroatoms. The zero-order valence-electron chi connectivity index (χ0n) is 9.38. The summed E-state index contributed by atoms with van der Waals surface area (Å²) in [6, 6.07) is 5.42. The number of halogens is 1. The van der Waals surface area contributed by atoms with Gasteiger partial charge in [0.1, 0.15) is 5.69 Å². The zero-order chi connectivity index (χ0) is 12.4. The highest BCUT2D eigenvalue weighted by atomic mass is 35.5. The first-order chi connectivity index (χ1) is 8.13. The van der Waals surface area contributed by atoms with Crippen LogP contribution in [0.15, 0.2) is 23.1 Å². The monoisotopic (exact) mass is 268 g/mol. The van der Waals surface area contributed by atoms with Crippen LogP contribution in [-0.2, 0) is 0 Å². The third-order valence-electron chi connectivity index (χ3n) is 2.50. The highest BCUT2D eigenvalue weighted by Gasteiger charge is 2.14. The van der Waals surface area contributed by atoms with Crippen molar-refractivity contribution >= 4 is 41.0 Å². The first kappa shape index (κ1) is 12.3. The Morgan fingerprint density at radius 2 is 2.29 bits per heavy atom. The van der Waals surface area contributed by atoms with E-state index in [2.05, 4.69) is 22.9 Å². The number of thiol groups is 1. The average Bonchev–Trinajstić information content (AvgIpc) is 2.64. The maximum atomic E-state index is 11.9. The molecule has 0 spiro atoms. The number of rotatable bonds is 3. The summed E-state index contributed by atoms with van der Waals surface area (Å²) in [7, 11) is 0. The third kappa shape index (κ3) is 2.42. The summed E-state index contributed by atoms with van der Waals surface area (Å²) in [5.74, 6) is -0.135. The van der Waals surface area contributed by atoms with E-state index >= 15 is 0 Å². The van der Waals surface area contributed by atoms with Gasteiger partial charge in [-0.2, -0.15) is 0 Å². The number of nitrogens with one attached hydrogen (secondary N) is 2. The van der Waals surface area contributed by atoms with Gasteiger partial charge < -0.3 is 10.3 Å². The van der Waals surface area contributed by atoms with Gasteiger partial charge in [0, 0.05) is 27.4 Å². The standard InChI is InChI=1S/C12H13ClN2OS/c1-2-5-14-12(16)10-11(17)8-6-7(13)3-4-9(8)15-10/h3-4,6,15,17H,2,5H2,1H3,(H,14,16). The Labute approximate surface area is 110 Å². The number of fused-ring (bicyclic) bond motifs is 1. The van der Waals surface area contributed by atoms with Crippen LogP contribution in [0.3, 0.4) is 0 Å². The minimum Gasteiger partial charge on any atom is -0.351 e. The Morgan fingerprint density at radius 3 is 3.00 bits per heavy atom. The smallest absolute Gasteiger partial charge is 0.268 e. The van der Waals surface area contributed by atoms with Crippen LogP contribution in [-0.4, -0.2) is 17.4 Å². The maximum absolute atomic E-state index is 11.9. The summed E-state index contributed by atoms with van der Waals surface area (Å²) in [6.45, 7) is 2.66. The van der Waals surface area contributed by atoms with Crippen LogP contribution < -0.4 is 5.32 Å². The molecule has 0 aliphatic heterocycles. The number of hydrogen-bond donors (Lipinski definition) is 3. The van der Waals surface area contributed by atoms with E-state index in [9.17, 15) is 4.79 Å². The molecule has 0 aliphatic carbocycles. The van der Waals surface area contributed by atoms with Gasteiger partial charge in [-0.25, -0.2) is 0 Å². The molecule has 2 rings (SSSR count). The summed E-state index contributed by atoms with van der Waals surface area (Å²) in [5, 5.41) is 4.31. The molecule has 2 aromatic rings. The van der Waals surface area contributed by atoms with E-state index in [4.69, 9.17) is 11.6 Å². The van der Waals surface area contributed by atoms with Gasteiger partial charge in [-0.1, -0.05) is 18.5 Å². The van der Waals surface area contributed by atoms with Crippen LogP contribution in [0.2, 0.25) is 5.02 Å². The molecule has 90 valence electrons. The van der Waals surface area contributed by atoms with Crippen LogP contribution in [0.25, 0.3) is 10.9 Å². The number of carbonyl (C=O) groups excluding carboxylic acids is 1. The van der Waals surface area contributed by atoms with Crippen LogP contribution in [0, 0.1) is 0 Å². The number of amides is 1. The lowest BCUT2D eigenvalue weighted by Gasteiger charge is -2.01. The fraction of sp³-hybridized carbons (Fsp3) is 0.250. The highest BCUT2D eigenvalue weighted by Crippen LogP contribution is 2.28. The second-order valence-electron chi connectivity index (χ2n) is 3.79. The second kappa shape index (κ2) is 5.02. The van der Waals surface area contributed by atoms with Gasteiger partial charge in [-0.3, -0.25) is 4.79 Å². The quantitative estimate of drug-likeness (QED) is 0.735. The molecule has 0 radical (unpaired) electrons. The molecule has 1 heterocycles. The second-order valence-corrected chi connectivity index (χ2v) is 4.68. The molecule has 1 amide bonds. The normalized spacial score (nSPS) is 10.8. The van der Waals surface area contributed by atoms with E-state index in [0.29, 0.717) is 22.2 Å². The van der Waals surface area contributed by atoms with Gasteiger partial charge in [-0.15, -0.1) is 12.6 Å². The largest absolute Gasteiger partial charge is 0.351 e. The van der Waals surface area contributed by atoms with Gasteiger partial charge in [-0.05, 0) is 24.6 Å². The number of benzene rings is 1. The number of H-pyrrole nitrogens is 1. The number of aromatic amines is 1. The van der Waals surface area contributed by atoms with E-state index in [0.717, 1.165) is 17.3 Å². The van der Waals surface area contributed by atoms with Gasteiger partial charge in [0.2, 0.25) is 0 Å². The Kier molecular flexibility index (Phi) is 3.64. The number of hydrogen-bond acceptors (Lipinski definition) is 2. The first-order valence-electron chi connectivity index (χ1n) is 5.42. The minimum absolute atomic E-state index is 0.135. The zero-order valence-corrected chi connectivity index (χ0v) is 11.0. The van der Waals surface area contributed by atoms with Crippen molar-refractivity contribution in [3.8, 4) is 0 Å². The molecule has 1 aromatic heterocycles. The molecule has 17 heavy (non-hydrogen) atoms. The van der Waals surface area contributed by atoms with Crippen molar-refractivity contribution in [3.63, 3.8) is 0 Å². The lowest BCUT2D eigenvalue weighted by Crippen LogP contribution is -2.24. The van der Waals surface area contributed by atoms with Gasteiger partial charge >= 0.3 is 0 Å². The predicted molar refractivity (Wildman–Crippen MR) is 73.2 cm³/mol. The summed E-state index contributed by atoms with van der Waals surface area (Å²) in [6.07, 6.45) is 0.902. The molecule has 2 N–H and O–H groups in total.